The molecule has 0 aliphatic rings. The molecule has 2 aromatic carbocycles. The van der Waals surface area contributed by atoms with Crippen molar-refractivity contribution in [2.75, 3.05) is 0 Å². The number of rotatable bonds is 5. The minimum Gasteiger partial charge on any atom is -0.320 e. The second kappa shape index (κ2) is 7.60. The summed E-state index contributed by atoms with van der Waals surface area (Å²) in [7, 11) is 0. The second-order valence-corrected chi connectivity index (χ2v) is 7.00. The van der Waals surface area contributed by atoms with Crippen molar-refractivity contribution >= 4 is 28.5 Å². The number of benzene rings is 2. The molecule has 0 bridgehead atoms. The highest BCUT2D eigenvalue weighted by Gasteiger charge is 2.20. The Morgan fingerprint density at radius 3 is 2.60 bits per heavy atom. The third-order valence-electron chi connectivity index (χ3n) is 4.78. The Morgan fingerprint density at radius 2 is 1.90 bits per heavy atom. The minimum absolute atomic E-state index is 0.0455. The van der Waals surface area contributed by atoms with Crippen molar-refractivity contribution in [2.24, 2.45) is 0 Å². The van der Waals surface area contributed by atoms with E-state index in [0.717, 1.165) is 4.57 Å². The van der Waals surface area contributed by atoms with Gasteiger partial charge >= 0.3 is 5.69 Å². The van der Waals surface area contributed by atoms with Crippen molar-refractivity contribution in [2.45, 2.75) is 20.0 Å². The molecule has 0 amide bonds. The lowest BCUT2D eigenvalue weighted by Gasteiger charge is -2.12. The van der Waals surface area contributed by atoms with Crippen molar-refractivity contribution in [3.8, 4) is 5.69 Å². The predicted octanol–water partition coefficient (Wildman–Crippen LogP) is 2.98. The number of hydrogen-bond donors (Lipinski definition) is 0. The van der Waals surface area contributed by atoms with Crippen LogP contribution in [0, 0.1) is 10.1 Å². The molecule has 0 fully saturated rings. The normalized spacial score (nSPS) is 11.1. The Morgan fingerprint density at radius 1 is 1.13 bits per heavy atom. The fourth-order valence-corrected chi connectivity index (χ4v) is 3.61. The van der Waals surface area contributed by atoms with Crippen LogP contribution in [0.25, 0.3) is 16.9 Å². The molecule has 0 saturated heterocycles. The van der Waals surface area contributed by atoms with Gasteiger partial charge in [0.1, 0.15) is 0 Å². The lowest BCUT2D eigenvalue weighted by atomic mass is 10.2. The first-order valence-electron chi connectivity index (χ1n) is 9.11. The van der Waals surface area contributed by atoms with Gasteiger partial charge in [-0.05, 0) is 24.6 Å². The molecule has 10 heteroatoms. The maximum absolute atomic E-state index is 13.0. The highest BCUT2D eigenvalue weighted by Crippen LogP contribution is 2.22. The van der Waals surface area contributed by atoms with Crippen LogP contribution in [0.15, 0.2) is 64.4 Å². The van der Waals surface area contributed by atoms with Crippen LogP contribution >= 0.6 is 11.6 Å². The lowest BCUT2D eigenvalue weighted by Crippen LogP contribution is -2.39. The summed E-state index contributed by atoms with van der Waals surface area (Å²) in [4.78, 5) is 40.9. The van der Waals surface area contributed by atoms with Crippen LogP contribution in [0.4, 0.5) is 5.69 Å². The Kier molecular flexibility index (Phi) is 4.96. The number of para-hydroxylation sites is 1. The predicted molar refractivity (Wildman–Crippen MR) is 112 cm³/mol. The van der Waals surface area contributed by atoms with Gasteiger partial charge in [0.2, 0.25) is 0 Å². The molecule has 0 atom stereocenters. The van der Waals surface area contributed by atoms with E-state index in [9.17, 15) is 19.7 Å². The Balaban J connectivity index is 1.97. The van der Waals surface area contributed by atoms with Gasteiger partial charge in [-0.1, -0.05) is 35.9 Å². The molecule has 2 aromatic heterocycles. The zero-order valence-corrected chi connectivity index (χ0v) is 16.6. The molecule has 30 heavy (non-hydrogen) atoms. The first kappa shape index (κ1) is 19.6. The summed E-state index contributed by atoms with van der Waals surface area (Å²) in [6.07, 6.45) is 1.44. The zero-order chi connectivity index (χ0) is 21.4. The molecule has 0 unspecified atom stereocenters. The Bertz CT molecular complexity index is 1400. The average Bonchev–Trinajstić information content (AvgIpc) is 3.13. The Hall–Kier alpha value is -3.72. The maximum atomic E-state index is 13.0. The van der Waals surface area contributed by atoms with Gasteiger partial charge in [0.15, 0.2) is 11.2 Å². The fraction of sp³-hybridized carbons (Fsp3) is 0.150. The summed E-state index contributed by atoms with van der Waals surface area (Å²) in [6, 6.07) is 12.9. The summed E-state index contributed by atoms with van der Waals surface area (Å²) in [5, 5.41) is 11.4. The molecule has 0 saturated carbocycles. The first-order chi connectivity index (χ1) is 14.4. The number of fused-ring (bicyclic) bond motifs is 1. The lowest BCUT2D eigenvalue weighted by molar-refractivity contribution is -0.384. The summed E-state index contributed by atoms with van der Waals surface area (Å²) < 4.78 is 4.00. The second-order valence-electron chi connectivity index (χ2n) is 6.59. The fourth-order valence-electron chi connectivity index (χ4n) is 3.39. The monoisotopic (exact) mass is 425 g/mol. The van der Waals surface area contributed by atoms with Gasteiger partial charge < -0.3 is 4.57 Å². The molecule has 0 aliphatic heterocycles. The minimum atomic E-state index is -0.538. The van der Waals surface area contributed by atoms with Crippen LogP contribution in [0.2, 0.25) is 5.02 Å². The number of non-ortho nitro benzene ring substituents is 1. The number of hydrogen-bond acceptors (Lipinski definition) is 5. The van der Waals surface area contributed by atoms with Crippen molar-refractivity contribution < 1.29 is 4.92 Å². The van der Waals surface area contributed by atoms with Gasteiger partial charge in [0.05, 0.1) is 22.0 Å². The van der Waals surface area contributed by atoms with E-state index in [-0.39, 0.29) is 29.9 Å². The number of halogens is 1. The van der Waals surface area contributed by atoms with Crippen molar-refractivity contribution in [1.82, 2.24) is 18.7 Å². The largest absolute Gasteiger partial charge is 0.337 e. The molecular formula is C20H16ClN5O4. The summed E-state index contributed by atoms with van der Waals surface area (Å²) in [6.45, 7) is 2.05. The quantitative estimate of drug-likeness (QED) is 0.361. The molecule has 9 nitrogen and oxygen atoms in total. The van der Waals surface area contributed by atoms with E-state index >= 15 is 0 Å². The third-order valence-corrected chi connectivity index (χ3v) is 5.10. The van der Waals surface area contributed by atoms with E-state index in [0.29, 0.717) is 16.3 Å². The van der Waals surface area contributed by atoms with Gasteiger partial charge in [-0.25, -0.2) is 14.3 Å². The summed E-state index contributed by atoms with van der Waals surface area (Å²) in [5.74, 6) is 0. The van der Waals surface area contributed by atoms with Crippen molar-refractivity contribution in [3.63, 3.8) is 0 Å². The maximum Gasteiger partial charge on any atom is 0.337 e. The molecule has 0 N–H and O–H groups in total. The van der Waals surface area contributed by atoms with Crippen LogP contribution < -0.4 is 11.2 Å². The highest BCUT2D eigenvalue weighted by molar-refractivity contribution is 6.32. The van der Waals surface area contributed by atoms with Crippen molar-refractivity contribution in [1.29, 1.82) is 0 Å². The number of imidazole rings is 1. The third kappa shape index (κ3) is 3.18. The molecule has 152 valence electrons. The molecule has 0 aliphatic carbocycles. The molecule has 4 rings (SSSR count). The van der Waals surface area contributed by atoms with Crippen LogP contribution in [-0.2, 0) is 13.1 Å². The molecule has 2 heterocycles. The summed E-state index contributed by atoms with van der Waals surface area (Å²) >= 11 is 6.30. The van der Waals surface area contributed by atoms with Gasteiger partial charge in [0.25, 0.3) is 11.2 Å². The molecular weight excluding hydrogens is 410 g/mol. The molecule has 0 radical (unpaired) electrons. The van der Waals surface area contributed by atoms with Crippen LogP contribution in [-0.4, -0.2) is 23.6 Å². The van der Waals surface area contributed by atoms with E-state index in [1.165, 1.54) is 23.0 Å². The molecule has 4 aromatic rings. The van der Waals surface area contributed by atoms with E-state index < -0.39 is 16.2 Å². The van der Waals surface area contributed by atoms with E-state index in [4.69, 9.17) is 11.6 Å². The van der Waals surface area contributed by atoms with Gasteiger partial charge in [0, 0.05) is 25.2 Å². The van der Waals surface area contributed by atoms with Crippen LogP contribution in [0.1, 0.15) is 12.5 Å². The Labute approximate surface area is 174 Å². The van der Waals surface area contributed by atoms with Gasteiger partial charge in [-0.3, -0.25) is 19.5 Å². The smallest absolute Gasteiger partial charge is 0.320 e. The van der Waals surface area contributed by atoms with Crippen LogP contribution in [0.5, 0.6) is 0 Å². The molecule has 0 spiro atoms. The van der Waals surface area contributed by atoms with Gasteiger partial charge in [-0.2, -0.15) is 0 Å². The SMILES string of the molecule is CCn1c(=O)c2c(ncn2Cc2cccc([N+](=O)[O-])c2)n(-c2ccccc2Cl)c1=O. The van der Waals surface area contributed by atoms with Gasteiger partial charge in [-0.15, -0.1) is 0 Å². The standard InChI is InChI=1S/C20H16ClN5O4/c1-2-24-19(27)17-18(25(20(24)28)16-9-4-3-8-15(16)21)22-12-23(17)11-13-6-5-7-14(10-13)26(29)30/h3-10,12H,2,11H2,1H3. The van der Waals surface area contributed by atoms with E-state index in [2.05, 4.69) is 4.98 Å². The van der Waals surface area contributed by atoms with Crippen molar-refractivity contribution in [3.05, 3.63) is 96.4 Å². The summed E-state index contributed by atoms with van der Waals surface area (Å²) in [5.41, 5.74) is 0.359. The number of nitrogens with zero attached hydrogens (tertiary/aromatic N) is 5. The van der Waals surface area contributed by atoms with E-state index in [1.54, 1.807) is 47.9 Å². The topological polar surface area (TPSA) is 105 Å². The number of aromatic nitrogens is 4. The average molecular weight is 426 g/mol. The zero-order valence-electron chi connectivity index (χ0n) is 15.9. The number of nitro groups is 1. The number of nitro benzene ring substituents is 1. The van der Waals surface area contributed by atoms with Crippen LogP contribution in [0.3, 0.4) is 0 Å². The first-order valence-corrected chi connectivity index (χ1v) is 9.49. The highest BCUT2D eigenvalue weighted by atomic mass is 35.5. The van der Waals surface area contributed by atoms with E-state index in [1.807, 2.05) is 0 Å².